The molecule has 4 rings (SSSR count). The zero-order chi connectivity index (χ0) is 20.2. The highest BCUT2D eigenvalue weighted by molar-refractivity contribution is 5.88. The smallest absolute Gasteiger partial charge is 0.119 e. The van der Waals surface area contributed by atoms with Gasteiger partial charge in [-0.3, -0.25) is 15.0 Å². The molecule has 0 aliphatic carbocycles. The van der Waals surface area contributed by atoms with Crippen LogP contribution in [-0.4, -0.2) is 34.2 Å². The average molecular weight is 386 g/mol. The van der Waals surface area contributed by atoms with Gasteiger partial charge in [-0.25, -0.2) is 0 Å². The Balaban J connectivity index is 1.52. The Morgan fingerprint density at radius 1 is 0.966 bits per heavy atom. The Bertz CT molecular complexity index is 1100. The van der Waals surface area contributed by atoms with Gasteiger partial charge in [0.2, 0.25) is 0 Å². The third kappa shape index (κ3) is 4.30. The topological polar surface area (TPSA) is 54.0 Å². The van der Waals surface area contributed by atoms with Crippen molar-refractivity contribution in [1.82, 2.24) is 20.1 Å². The molecule has 5 nitrogen and oxygen atoms in total. The van der Waals surface area contributed by atoms with Crippen molar-refractivity contribution in [3.8, 4) is 17.0 Å². The van der Waals surface area contributed by atoms with Gasteiger partial charge in [-0.2, -0.15) is 5.10 Å². The lowest BCUT2D eigenvalue weighted by molar-refractivity contribution is 0.315. The van der Waals surface area contributed by atoms with E-state index in [-0.39, 0.29) is 0 Å². The summed E-state index contributed by atoms with van der Waals surface area (Å²) in [6.07, 6.45) is 4.90. The summed E-state index contributed by atoms with van der Waals surface area (Å²) in [7, 11) is 3.80. The predicted octanol–water partition coefficient (Wildman–Crippen LogP) is 4.83. The third-order valence-electron chi connectivity index (χ3n) is 5.22. The number of hydrogen-bond acceptors (Lipinski definition) is 4. The van der Waals surface area contributed by atoms with Crippen molar-refractivity contribution in [2.24, 2.45) is 0 Å². The van der Waals surface area contributed by atoms with Gasteiger partial charge in [-0.15, -0.1) is 0 Å². The number of nitrogens with one attached hydrogen (secondary N) is 1. The van der Waals surface area contributed by atoms with E-state index in [1.807, 2.05) is 18.5 Å². The van der Waals surface area contributed by atoms with Crippen LogP contribution in [0, 0.1) is 0 Å². The van der Waals surface area contributed by atoms with Gasteiger partial charge < -0.3 is 4.74 Å². The van der Waals surface area contributed by atoms with E-state index in [0.29, 0.717) is 0 Å². The molecular formula is C24H26N4O. The lowest BCUT2D eigenvalue weighted by Gasteiger charge is -2.16. The summed E-state index contributed by atoms with van der Waals surface area (Å²) in [6.45, 7) is 3.74. The minimum absolute atomic E-state index is 0.795. The molecule has 0 bridgehead atoms. The SMILES string of the molecule is CCc1ccc(CN(C)Cc2cn[nH]c2-c2ccc3cc(OC)ccc3c2)nc1. The standard InChI is InChI=1S/C24H26N4O/c1-4-17-5-9-22(25-13-17)16-28(2)15-21-14-26-27-24(21)20-7-6-19-12-23(29-3)10-8-18(19)11-20/h5-14H,4,15-16H2,1-3H3,(H,26,27). The fourth-order valence-electron chi connectivity index (χ4n) is 3.57. The fourth-order valence-corrected chi connectivity index (χ4v) is 3.57. The van der Waals surface area contributed by atoms with E-state index in [9.17, 15) is 0 Å². The Labute approximate surface area is 171 Å². The van der Waals surface area contributed by atoms with Crippen molar-refractivity contribution in [2.45, 2.75) is 26.4 Å². The third-order valence-corrected chi connectivity index (χ3v) is 5.22. The van der Waals surface area contributed by atoms with Crippen LogP contribution in [-0.2, 0) is 19.5 Å². The number of ether oxygens (including phenoxy) is 1. The maximum Gasteiger partial charge on any atom is 0.119 e. The average Bonchev–Trinajstić information content (AvgIpc) is 3.21. The molecule has 4 aromatic rings. The van der Waals surface area contributed by atoms with Crippen molar-refractivity contribution in [3.05, 3.63) is 77.7 Å². The van der Waals surface area contributed by atoms with Gasteiger partial charge >= 0.3 is 0 Å². The van der Waals surface area contributed by atoms with Crippen LogP contribution < -0.4 is 4.74 Å². The molecule has 0 fully saturated rings. The number of nitrogens with zero attached hydrogens (tertiary/aromatic N) is 3. The minimum Gasteiger partial charge on any atom is -0.497 e. The zero-order valence-electron chi connectivity index (χ0n) is 17.1. The Hall–Kier alpha value is -3.18. The van der Waals surface area contributed by atoms with Crippen LogP contribution in [0.1, 0.15) is 23.7 Å². The summed E-state index contributed by atoms with van der Waals surface area (Å²) in [5, 5.41) is 9.82. The van der Waals surface area contributed by atoms with Crippen molar-refractivity contribution >= 4 is 10.8 Å². The summed E-state index contributed by atoms with van der Waals surface area (Å²) < 4.78 is 5.32. The van der Waals surface area contributed by atoms with E-state index in [1.165, 1.54) is 16.5 Å². The first-order valence-electron chi connectivity index (χ1n) is 9.89. The molecule has 1 N–H and O–H groups in total. The number of hydrogen-bond donors (Lipinski definition) is 1. The van der Waals surface area contributed by atoms with E-state index in [1.54, 1.807) is 7.11 Å². The first-order chi connectivity index (χ1) is 14.2. The van der Waals surface area contributed by atoms with Crippen molar-refractivity contribution in [2.75, 3.05) is 14.2 Å². The number of aromatic nitrogens is 3. The number of fused-ring (bicyclic) bond motifs is 1. The van der Waals surface area contributed by atoms with Crippen LogP contribution in [0.4, 0.5) is 0 Å². The molecular weight excluding hydrogens is 360 g/mol. The number of benzene rings is 2. The lowest BCUT2D eigenvalue weighted by Crippen LogP contribution is -2.18. The van der Waals surface area contributed by atoms with E-state index in [0.717, 1.165) is 47.6 Å². The molecule has 5 heteroatoms. The van der Waals surface area contributed by atoms with Gasteiger partial charge in [0, 0.05) is 30.4 Å². The van der Waals surface area contributed by atoms with Crippen molar-refractivity contribution < 1.29 is 4.74 Å². The fraction of sp³-hybridized carbons (Fsp3) is 0.250. The molecule has 0 unspecified atom stereocenters. The number of methoxy groups -OCH3 is 1. The lowest BCUT2D eigenvalue weighted by atomic mass is 10.0. The van der Waals surface area contributed by atoms with Gasteiger partial charge in [0.1, 0.15) is 5.75 Å². The van der Waals surface area contributed by atoms with Crippen LogP contribution in [0.15, 0.2) is 60.9 Å². The molecule has 0 aliphatic rings. The largest absolute Gasteiger partial charge is 0.497 e. The first-order valence-corrected chi connectivity index (χ1v) is 9.89. The molecule has 0 aliphatic heterocycles. The molecule has 2 heterocycles. The highest BCUT2D eigenvalue weighted by atomic mass is 16.5. The van der Waals surface area contributed by atoms with Crippen LogP contribution >= 0.6 is 0 Å². The van der Waals surface area contributed by atoms with Crippen LogP contribution in [0.2, 0.25) is 0 Å². The summed E-state index contributed by atoms with van der Waals surface area (Å²) in [5.74, 6) is 0.870. The van der Waals surface area contributed by atoms with E-state index < -0.39 is 0 Å². The molecule has 0 saturated carbocycles. The Morgan fingerprint density at radius 3 is 2.55 bits per heavy atom. The molecule has 0 radical (unpaired) electrons. The van der Waals surface area contributed by atoms with Crippen LogP contribution in [0.5, 0.6) is 5.75 Å². The number of rotatable bonds is 7. The summed E-state index contributed by atoms with van der Waals surface area (Å²) >= 11 is 0. The Morgan fingerprint density at radius 2 is 1.79 bits per heavy atom. The van der Waals surface area contributed by atoms with E-state index >= 15 is 0 Å². The number of aromatic amines is 1. The zero-order valence-corrected chi connectivity index (χ0v) is 17.1. The predicted molar refractivity (Wildman–Crippen MR) is 117 cm³/mol. The molecule has 148 valence electrons. The highest BCUT2D eigenvalue weighted by Gasteiger charge is 2.12. The number of pyridine rings is 1. The van der Waals surface area contributed by atoms with Gasteiger partial charge in [0.25, 0.3) is 0 Å². The van der Waals surface area contributed by atoms with Gasteiger partial charge in [-0.1, -0.05) is 31.2 Å². The molecule has 0 atom stereocenters. The summed E-state index contributed by atoms with van der Waals surface area (Å²) in [6, 6.07) is 16.8. The first kappa shape index (κ1) is 19.2. The minimum atomic E-state index is 0.795. The Kier molecular flexibility index (Phi) is 5.58. The van der Waals surface area contributed by atoms with Crippen LogP contribution in [0.25, 0.3) is 22.0 Å². The summed E-state index contributed by atoms with van der Waals surface area (Å²) in [4.78, 5) is 6.83. The monoisotopic (exact) mass is 386 g/mol. The quantitative estimate of drug-likeness (QED) is 0.494. The van der Waals surface area contributed by atoms with Crippen LogP contribution in [0.3, 0.4) is 0 Å². The second kappa shape index (κ2) is 8.45. The molecule has 2 aromatic carbocycles. The van der Waals surface area contributed by atoms with E-state index in [2.05, 4.69) is 76.5 Å². The van der Waals surface area contributed by atoms with Crippen molar-refractivity contribution in [1.29, 1.82) is 0 Å². The normalized spacial score (nSPS) is 11.3. The van der Waals surface area contributed by atoms with Gasteiger partial charge in [0.05, 0.1) is 24.7 Å². The maximum atomic E-state index is 5.32. The highest BCUT2D eigenvalue weighted by Crippen LogP contribution is 2.28. The second-order valence-electron chi connectivity index (χ2n) is 7.38. The molecule has 2 aromatic heterocycles. The molecule has 29 heavy (non-hydrogen) atoms. The van der Waals surface area contributed by atoms with Gasteiger partial charge in [-0.05, 0) is 54.1 Å². The van der Waals surface area contributed by atoms with E-state index in [4.69, 9.17) is 4.74 Å². The number of H-pyrrole nitrogens is 1. The second-order valence-corrected chi connectivity index (χ2v) is 7.38. The molecule has 0 saturated heterocycles. The summed E-state index contributed by atoms with van der Waals surface area (Å²) in [5.41, 5.74) is 5.71. The van der Waals surface area contributed by atoms with Crippen molar-refractivity contribution in [3.63, 3.8) is 0 Å². The molecule has 0 amide bonds. The van der Waals surface area contributed by atoms with Gasteiger partial charge in [0.15, 0.2) is 0 Å². The number of aryl methyl sites for hydroxylation is 1. The maximum absolute atomic E-state index is 5.32. The molecule has 0 spiro atoms.